The molecular weight excluding hydrogens is 617 g/mol. The second-order valence-corrected chi connectivity index (χ2v) is 12.7. The van der Waals surface area contributed by atoms with Crippen LogP contribution in [-0.4, -0.2) is 4.57 Å². The molecule has 1 aromatic heterocycles. The molecule has 2 nitrogen and oxygen atoms in total. The molecule has 2 heteroatoms. The van der Waals surface area contributed by atoms with Crippen molar-refractivity contribution in [3.8, 4) is 27.9 Å². The van der Waals surface area contributed by atoms with E-state index in [-0.39, 0.29) is 0 Å². The van der Waals surface area contributed by atoms with Crippen LogP contribution in [0.4, 0.5) is 11.4 Å². The van der Waals surface area contributed by atoms with Crippen molar-refractivity contribution >= 4 is 38.8 Å². The third-order valence-corrected chi connectivity index (χ3v) is 9.60. The molecule has 0 aliphatic carbocycles. The summed E-state index contributed by atoms with van der Waals surface area (Å²) in [7, 11) is 0. The highest BCUT2D eigenvalue weighted by Gasteiger charge is 2.15. The Labute approximate surface area is 300 Å². The van der Waals surface area contributed by atoms with Crippen LogP contribution < -0.4 is 4.90 Å². The average Bonchev–Trinajstić information content (AvgIpc) is 3.55. The first-order chi connectivity index (χ1) is 25.2. The molecule has 244 valence electrons. The summed E-state index contributed by atoms with van der Waals surface area (Å²) >= 11 is 0. The lowest BCUT2D eigenvalue weighted by Crippen LogP contribution is -2.15. The zero-order valence-corrected chi connectivity index (χ0v) is 28.7. The van der Waals surface area contributed by atoms with Crippen LogP contribution in [0.2, 0.25) is 0 Å². The highest BCUT2D eigenvalue weighted by Crippen LogP contribution is 2.36. The molecule has 0 spiro atoms. The Morgan fingerprint density at radius 3 is 1.41 bits per heavy atom. The SMILES string of the molecule is C=C/C(=C\C=C(/C)c1ccccc1)N(c1ccc(-c2ccccc2)cc1)c1ccc(-c2ccc(-n3c4ccccc4c4ccccc43)cc2)cc1. The maximum absolute atomic E-state index is 4.24. The lowest BCUT2D eigenvalue weighted by atomic mass is 10.0. The molecule has 0 N–H and O–H groups in total. The van der Waals surface area contributed by atoms with Gasteiger partial charge in [-0.15, -0.1) is 0 Å². The molecule has 8 aromatic rings. The molecular formula is C49H38N2. The minimum absolute atomic E-state index is 0.987. The van der Waals surface area contributed by atoms with Gasteiger partial charge in [-0.1, -0.05) is 146 Å². The van der Waals surface area contributed by atoms with Gasteiger partial charge in [0.05, 0.1) is 11.0 Å². The number of allylic oxidation sites excluding steroid dienone is 4. The van der Waals surface area contributed by atoms with E-state index in [0.29, 0.717) is 0 Å². The van der Waals surface area contributed by atoms with E-state index in [1.54, 1.807) is 0 Å². The van der Waals surface area contributed by atoms with Crippen LogP contribution in [0.15, 0.2) is 212 Å². The third kappa shape index (κ3) is 6.32. The fraction of sp³-hybridized carbons (Fsp3) is 0.0204. The Kier molecular flexibility index (Phi) is 8.72. The fourth-order valence-electron chi connectivity index (χ4n) is 6.93. The summed E-state index contributed by atoms with van der Waals surface area (Å²) in [6.45, 7) is 6.39. The Morgan fingerprint density at radius 2 is 0.902 bits per heavy atom. The van der Waals surface area contributed by atoms with Gasteiger partial charge in [0, 0.05) is 33.5 Å². The number of anilines is 2. The van der Waals surface area contributed by atoms with Gasteiger partial charge >= 0.3 is 0 Å². The van der Waals surface area contributed by atoms with E-state index >= 15 is 0 Å². The molecule has 0 aliphatic rings. The van der Waals surface area contributed by atoms with Crippen LogP contribution in [0.1, 0.15) is 12.5 Å². The van der Waals surface area contributed by atoms with Crippen LogP contribution >= 0.6 is 0 Å². The third-order valence-electron chi connectivity index (χ3n) is 9.60. The van der Waals surface area contributed by atoms with Crippen molar-refractivity contribution in [1.29, 1.82) is 0 Å². The summed E-state index contributed by atoms with van der Waals surface area (Å²) < 4.78 is 2.36. The minimum atomic E-state index is 0.987. The van der Waals surface area contributed by atoms with Crippen LogP contribution in [-0.2, 0) is 0 Å². The molecule has 0 saturated heterocycles. The maximum Gasteiger partial charge on any atom is 0.0541 e. The molecule has 51 heavy (non-hydrogen) atoms. The number of aromatic nitrogens is 1. The number of hydrogen-bond acceptors (Lipinski definition) is 1. The number of rotatable bonds is 9. The molecule has 0 fully saturated rings. The monoisotopic (exact) mass is 654 g/mol. The van der Waals surface area contributed by atoms with Crippen LogP contribution in [0.5, 0.6) is 0 Å². The molecule has 8 rings (SSSR count). The highest BCUT2D eigenvalue weighted by atomic mass is 15.1. The Hall–Kier alpha value is -6.64. The number of fused-ring (bicyclic) bond motifs is 3. The van der Waals surface area contributed by atoms with E-state index in [4.69, 9.17) is 0 Å². The summed E-state index contributed by atoms with van der Waals surface area (Å²) in [6, 6.07) is 64.7. The van der Waals surface area contributed by atoms with Crippen LogP contribution in [0.25, 0.3) is 55.3 Å². The second-order valence-electron chi connectivity index (χ2n) is 12.7. The first-order valence-corrected chi connectivity index (χ1v) is 17.4. The van der Waals surface area contributed by atoms with Gasteiger partial charge < -0.3 is 9.47 Å². The van der Waals surface area contributed by atoms with E-state index < -0.39 is 0 Å². The fourth-order valence-corrected chi connectivity index (χ4v) is 6.93. The minimum Gasteiger partial charge on any atom is -0.311 e. The van der Waals surface area contributed by atoms with Crippen LogP contribution in [0, 0.1) is 0 Å². The second kappa shape index (κ2) is 14.1. The number of nitrogens with zero attached hydrogens (tertiary/aromatic N) is 2. The molecule has 0 aliphatic heterocycles. The largest absolute Gasteiger partial charge is 0.311 e. The van der Waals surface area contributed by atoms with Gasteiger partial charge in [0.15, 0.2) is 0 Å². The molecule has 1 heterocycles. The summed E-state index contributed by atoms with van der Waals surface area (Å²) in [4.78, 5) is 2.27. The quantitative estimate of drug-likeness (QED) is 0.141. The van der Waals surface area contributed by atoms with E-state index in [0.717, 1.165) is 28.3 Å². The van der Waals surface area contributed by atoms with Gasteiger partial charge in [0.1, 0.15) is 0 Å². The highest BCUT2D eigenvalue weighted by molar-refractivity contribution is 6.09. The van der Waals surface area contributed by atoms with Crippen molar-refractivity contribution < 1.29 is 0 Å². The lowest BCUT2D eigenvalue weighted by Gasteiger charge is -2.27. The molecule has 0 amide bonds. The van der Waals surface area contributed by atoms with Crippen LogP contribution in [0.3, 0.4) is 0 Å². The molecule has 0 bridgehead atoms. The summed E-state index contributed by atoms with van der Waals surface area (Å²) in [5.41, 5.74) is 13.8. The van der Waals surface area contributed by atoms with Gasteiger partial charge in [-0.25, -0.2) is 0 Å². The van der Waals surface area contributed by atoms with E-state index in [2.05, 4.69) is 211 Å². The number of para-hydroxylation sites is 2. The van der Waals surface area contributed by atoms with E-state index in [9.17, 15) is 0 Å². The van der Waals surface area contributed by atoms with Gasteiger partial charge in [-0.05, 0) is 101 Å². The molecule has 0 radical (unpaired) electrons. The smallest absolute Gasteiger partial charge is 0.0541 e. The topological polar surface area (TPSA) is 8.17 Å². The predicted octanol–water partition coefficient (Wildman–Crippen LogP) is 13.4. The lowest BCUT2D eigenvalue weighted by molar-refractivity contribution is 1.18. The van der Waals surface area contributed by atoms with Crippen molar-refractivity contribution in [3.63, 3.8) is 0 Å². The number of hydrogen-bond donors (Lipinski definition) is 0. The van der Waals surface area contributed by atoms with Crippen molar-refractivity contribution in [1.82, 2.24) is 4.57 Å². The van der Waals surface area contributed by atoms with Gasteiger partial charge in [-0.3, -0.25) is 0 Å². The zero-order chi connectivity index (χ0) is 34.6. The number of benzene rings is 7. The van der Waals surface area contributed by atoms with E-state index in [1.807, 2.05) is 12.1 Å². The van der Waals surface area contributed by atoms with Crippen molar-refractivity contribution in [2.45, 2.75) is 6.92 Å². The molecule has 0 atom stereocenters. The van der Waals surface area contributed by atoms with Gasteiger partial charge in [-0.2, -0.15) is 0 Å². The Morgan fingerprint density at radius 1 is 0.471 bits per heavy atom. The Balaban J connectivity index is 1.14. The molecule has 0 unspecified atom stereocenters. The average molecular weight is 655 g/mol. The predicted molar refractivity (Wildman–Crippen MR) is 219 cm³/mol. The normalized spacial score (nSPS) is 11.9. The van der Waals surface area contributed by atoms with Gasteiger partial charge in [0.2, 0.25) is 0 Å². The maximum atomic E-state index is 4.24. The summed E-state index contributed by atoms with van der Waals surface area (Å²) in [5, 5.41) is 2.54. The Bertz CT molecular complexity index is 2450. The zero-order valence-electron chi connectivity index (χ0n) is 28.7. The van der Waals surface area contributed by atoms with Crippen molar-refractivity contribution in [3.05, 3.63) is 218 Å². The molecule has 0 saturated carbocycles. The first-order valence-electron chi connectivity index (χ1n) is 17.4. The van der Waals surface area contributed by atoms with E-state index in [1.165, 1.54) is 49.6 Å². The molecule has 7 aromatic carbocycles. The first kappa shape index (κ1) is 31.6. The summed E-state index contributed by atoms with van der Waals surface area (Å²) in [6.07, 6.45) is 6.26. The summed E-state index contributed by atoms with van der Waals surface area (Å²) in [5.74, 6) is 0. The van der Waals surface area contributed by atoms with Crippen molar-refractivity contribution in [2.75, 3.05) is 4.90 Å². The van der Waals surface area contributed by atoms with Crippen molar-refractivity contribution in [2.24, 2.45) is 0 Å². The van der Waals surface area contributed by atoms with Gasteiger partial charge in [0.25, 0.3) is 0 Å². The standard InChI is InChI=1S/C49H38N2/c1-3-42(29-22-36(2)37-14-6-4-7-15-37)50(43-30-23-39(24-31-43)38-16-8-5-9-17-38)44-32-25-40(26-33-44)41-27-34-45(35-28-41)51-48-20-12-10-18-46(48)47-19-11-13-21-49(47)51/h3-35H,1H2,2H3/b36-22+,42-29+.